The largest absolute Gasteiger partial charge is 0.389 e. The van der Waals surface area contributed by atoms with Crippen LogP contribution in [0.15, 0.2) is 30.3 Å². The minimum absolute atomic E-state index is 0.0848. The van der Waals surface area contributed by atoms with Crippen LogP contribution in [0, 0.1) is 0 Å². The Morgan fingerprint density at radius 1 is 1.38 bits per heavy atom. The molecular formula is C19H31N3O2. The van der Waals surface area contributed by atoms with Gasteiger partial charge in [-0.05, 0) is 39.7 Å². The van der Waals surface area contributed by atoms with Crippen LogP contribution in [0.3, 0.4) is 0 Å². The van der Waals surface area contributed by atoms with E-state index in [1.54, 1.807) is 18.7 Å². The third-order valence-corrected chi connectivity index (χ3v) is 4.51. The number of carbonyl (C=O) groups excluding carboxylic acids is 1. The van der Waals surface area contributed by atoms with Gasteiger partial charge in [-0.1, -0.05) is 30.3 Å². The Hall–Kier alpha value is -1.59. The molecule has 0 radical (unpaired) electrons. The molecular weight excluding hydrogens is 302 g/mol. The van der Waals surface area contributed by atoms with E-state index in [-0.39, 0.29) is 12.1 Å². The molecule has 0 aliphatic carbocycles. The first kappa shape index (κ1) is 18.7. The maximum Gasteiger partial charge on any atom is 0.317 e. The van der Waals surface area contributed by atoms with E-state index >= 15 is 0 Å². The summed E-state index contributed by atoms with van der Waals surface area (Å²) in [7, 11) is 0. The van der Waals surface area contributed by atoms with Gasteiger partial charge in [0.15, 0.2) is 0 Å². The molecule has 1 aromatic rings. The third-order valence-electron chi connectivity index (χ3n) is 4.51. The van der Waals surface area contributed by atoms with Gasteiger partial charge in [0.05, 0.1) is 12.1 Å². The normalized spacial score (nSPS) is 21.7. The number of hydrogen-bond acceptors (Lipinski definition) is 3. The Bertz CT molecular complexity index is 527. The number of carbonyl (C=O) groups is 1. The number of hydrogen-bond donors (Lipinski definition) is 2. The van der Waals surface area contributed by atoms with Crippen LogP contribution >= 0.6 is 0 Å². The van der Waals surface area contributed by atoms with E-state index in [1.165, 1.54) is 5.56 Å². The van der Waals surface area contributed by atoms with Crippen molar-refractivity contribution in [2.45, 2.75) is 58.3 Å². The highest BCUT2D eigenvalue weighted by atomic mass is 16.3. The maximum absolute atomic E-state index is 12.5. The maximum atomic E-state index is 12.5. The van der Waals surface area contributed by atoms with Crippen LogP contribution in [0.5, 0.6) is 0 Å². The second-order valence-electron chi connectivity index (χ2n) is 7.47. The smallest absolute Gasteiger partial charge is 0.317 e. The van der Waals surface area contributed by atoms with E-state index in [2.05, 4.69) is 41.4 Å². The number of benzene rings is 1. The van der Waals surface area contributed by atoms with E-state index < -0.39 is 5.60 Å². The lowest BCUT2D eigenvalue weighted by Crippen LogP contribution is -2.50. The predicted molar refractivity (Wildman–Crippen MR) is 96.8 cm³/mol. The Balaban J connectivity index is 1.88. The minimum atomic E-state index is -0.879. The van der Waals surface area contributed by atoms with Crippen molar-refractivity contribution >= 4 is 6.03 Å². The number of aliphatic hydroxyl groups is 1. The summed E-state index contributed by atoms with van der Waals surface area (Å²) in [6.07, 6.45) is 0.957. The van der Waals surface area contributed by atoms with Gasteiger partial charge < -0.3 is 15.3 Å². The van der Waals surface area contributed by atoms with Gasteiger partial charge in [-0.2, -0.15) is 0 Å². The molecule has 1 heterocycles. The third kappa shape index (κ3) is 5.49. The predicted octanol–water partition coefficient (Wildman–Crippen LogP) is 2.45. The van der Waals surface area contributed by atoms with E-state index in [9.17, 15) is 9.90 Å². The van der Waals surface area contributed by atoms with Crippen molar-refractivity contribution in [2.75, 3.05) is 19.6 Å². The van der Waals surface area contributed by atoms with Crippen LogP contribution in [0.4, 0.5) is 4.79 Å². The molecule has 1 fully saturated rings. The Morgan fingerprint density at radius 3 is 2.62 bits per heavy atom. The van der Waals surface area contributed by atoms with Crippen molar-refractivity contribution in [2.24, 2.45) is 0 Å². The van der Waals surface area contributed by atoms with E-state index in [0.717, 1.165) is 19.5 Å². The quantitative estimate of drug-likeness (QED) is 0.841. The Morgan fingerprint density at radius 2 is 2.04 bits per heavy atom. The summed E-state index contributed by atoms with van der Waals surface area (Å²) in [4.78, 5) is 16.5. The van der Waals surface area contributed by atoms with Gasteiger partial charge in [-0.3, -0.25) is 4.90 Å². The second-order valence-corrected chi connectivity index (χ2v) is 7.47. The number of rotatable bonds is 6. The van der Waals surface area contributed by atoms with Crippen LogP contribution in [0.25, 0.3) is 0 Å². The van der Waals surface area contributed by atoms with Crippen molar-refractivity contribution < 1.29 is 9.90 Å². The van der Waals surface area contributed by atoms with Gasteiger partial charge in [0.25, 0.3) is 0 Å². The van der Waals surface area contributed by atoms with Crippen molar-refractivity contribution in [1.82, 2.24) is 15.1 Å². The fourth-order valence-electron chi connectivity index (χ4n) is 3.30. The molecule has 0 bridgehead atoms. The summed E-state index contributed by atoms with van der Waals surface area (Å²) in [6, 6.07) is 10.9. The molecule has 24 heavy (non-hydrogen) atoms. The van der Waals surface area contributed by atoms with Crippen molar-refractivity contribution in [3.63, 3.8) is 0 Å². The van der Waals surface area contributed by atoms with Crippen LogP contribution in [-0.4, -0.2) is 58.3 Å². The molecule has 1 aliphatic rings. The number of nitrogens with one attached hydrogen (secondary N) is 1. The average molecular weight is 333 g/mol. The summed E-state index contributed by atoms with van der Waals surface area (Å²) in [5.74, 6) is 0. The topological polar surface area (TPSA) is 55.8 Å². The highest BCUT2D eigenvalue weighted by Gasteiger charge is 2.31. The van der Waals surface area contributed by atoms with Crippen LogP contribution in [0.1, 0.15) is 39.7 Å². The fourth-order valence-corrected chi connectivity index (χ4v) is 3.30. The molecule has 2 atom stereocenters. The van der Waals surface area contributed by atoms with Gasteiger partial charge in [0.1, 0.15) is 0 Å². The highest BCUT2D eigenvalue weighted by Crippen LogP contribution is 2.20. The SMILES string of the molecule is CCN(CC(C)(C)O)C(=O)NC1CC(C)N(Cc2ccccc2)C1. The molecule has 0 saturated carbocycles. The molecule has 2 rings (SSSR count). The molecule has 2 N–H and O–H groups in total. The molecule has 1 aliphatic heterocycles. The summed E-state index contributed by atoms with van der Waals surface area (Å²) < 4.78 is 0. The number of nitrogens with zero attached hydrogens (tertiary/aromatic N) is 2. The monoisotopic (exact) mass is 333 g/mol. The molecule has 0 aromatic heterocycles. The fraction of sp³-hybridized carbons (Fsp3) is 0.632. The molecule has 1 aromatic carbocycles. The summed E-state index contributed by atoms with van der Waals surface area (Å²) in [6.45, 7) is 10.3. The van der Waals surface area contributed by atoms with Crippen LogP contribution < -0.4 is 5.32 Å². The Labute approximate surface area is 145 Å². The van der Waals surface area contributed by atoms with Gasteiger partial charge in [-0.15, -0.1) is 0 Å². The van der Waals surface area contributed by atoms with Crippen LogP contribution in [-0.2, 0) is 6.54 Å². The lowest BCUT2D eigenvalue weighted by molar-refractivity contribution is 0.0476. The van der Waals surface area contributed by atoms with Gasteiger partial charge in [-0.25, -0.2) is 4.79 Å². The molecule has 1 saturated heterocycles. The minimum Gasteiger partial charge on any atom is -0.389 e. The second kappa shape index (κ2) is 7.99. The zero-order chi connectivity index (χ0) is 17.7. The summed E-state index contributed by atoms with van der Waals surface area (Å²) in [5, 5.41) is 13.1. The molecule has 134 valence electrons. The first-order chi connectivity index (χ1) is 11.3. The standard InChI is InChI=1S/C19H31N3O2/c1-5-21(14-19(3,4)24)18(23)20-17-11-15(2)22(13-17)12-16-9-7-6-8-10-16/h6-10,15,17,24H,5,11-14H2,1-4H3,(H,20,23). The molecule has 2 amide bonds. The number of likely N-dealkylation sites (tertiary alicyclic amines) is 1. The Kier molecular flexibility index (Phi) is 6.24. The molecule has 2 unspecified atom stereocenters. The lowest BCUT2D eigenvalue weighted by Gasteiger charge is -2.29. The number of amides is 2. The van der Waals surface area contributed by atoms with E-state index in [0.29, 0.717) is 19.1 Å². The lowest BCUT2D eigenvalue weighted by atomic mass is 10.1. The first-order valence-electron chi connectivity index (χ1n) is 8.84. The van der Waals surface area contributed by atoms with E-state index in [4.69, 9.17) is 0 Å². The van der Waals surface area contributed by atoms with Crippen molar-refractivity contribution in [1.29, 1.82) is 0 Å². The van der Waals surface area contributed by atoms with Crippen molar-refractivity contribution in [3.05, 3.63) is 35.9 Å². The number of likely N-dealkylation sites (N-methyl/N-ethyl adjacent to an activating group) is 1. The van der Waals surface area contributed by atoms with Crippen molar-refractivity contribution in [3.8, 4) is 0 Å². The summed E-state index contributed by atoms with van der Waals surface area (Å²) in [5.41, 5.74) is 0.420. The zero-order valence-electron chi connectivity index (χ0n) is 15.3. The van der Waals surface area contributed by atoms with Gasteiger partial charge >= 0.3 is 6.03 Å². The van der Waals surface area contributed by atoms with Gasteiger partial charge in [0, 0.05) is 31.7 Å². The summed E-state index contributed by atoms with van der Waals surface area (Å²) >= 11 is 0. The first-order valence-corrected chi connectivity index (χ1v) is 8.84. The number of urea groups is 1. The average Bonchev–Trinajstić information content (AvgIpc) is 2.84. The molecule has 0 spiro atoms. The zero-order valence-corrected chi connectivity index (χ0v) is 15.3. The molecule has 5 nitrogen and oxygen atoms in total. The van der Waals surface area contributed by atoms with Gasteiger partial charge in [0.2, 0.25) is 0 Å². The van der Waals surface area contributed by atoms with E-state index in [1.807, 2.05) is 13.0 Å². The molecule has 5 heteroatoms. The highest BCUT2D eigenvalue weighted by molar-refractivity contribution is 5.74. The van der Waals surface area contributed by atoms with Crippen LogP contribution in [0.2, 0.25) is 0 Å².